The molecule has 0 spiro atoms. The van der Waals surface area contributed by atoms with E-state index in [0.29, 0.717) is 18.2 Å². The lowest BCUT2D eigenvalue weighted by Gasteiger charge is -2.03. The zero-order valence-corrected chi connectivity index (χ0v) is 9.99. The van der Waals surface area contributed by atoms with Crippen LogP contribution in [0.3, 0.4) is 0 Å². The van der Waals surface area contributed by atoms with Crippen LogP contribution in [0.2, 0.25) is 0 Å². The molecule has 0 aliphatic carbocycles. The zero-order chi connectivity index (χ0) is 13.1. The van der Waals surface area contributed by atoms with Crippen molar-refractivity contribution in [1.82, 2.24) is 19.5 Å². The van der Waals surface area contributed by atoms with Crippen molar-refractivity contribution in [2.75, 3.05) is 11.9 Å². The molecule has 0 unspecified atom stereocenters. The first kappa shape index (κ1) is 12.0. The standard InChI is InChI=1S/C10H12N6O2/c1-3-11-10-12-4-8(16(17)18)9(14-10)7-5-15(2)6-13-7/h4-6H,3H2,1-2H3,(H,11,12,14). The van der Waals surface area contributed by atoms with E-state index in [2.05, 4.69) is 20.3 Å². The molecule has 0 bridgehead atoms. The van der Waals surface area contributed by atoms with Gasteiger partial charge in [0.15, 0.2) is 5.69 Å². The molecule has 2 heterocycles. The number of aryl methyl sites for hydroxylation is 1. The molecular formula is C10H12N6O2. The normalized spacial score (nSPS) is 10.3. The van der Waals surface area contributed by atoms with Crippen LogP contribution in [0.1, 0.15) is 6.92 Å². The third kappa shape index (κ3) is 2.26. The molecule has 2 aromatic heterocycles. The molecule has 0 aromatic carbocycles. The Hall–Kier alpha value is -2.51. The second-order valence-corrected chi connectivity index (χ2v) is 3.64. The van der Waals surface area contributed by atoms with Gasteiger partial charge in [-0.1, -0.05) is 0 Å². The van der Waals surface area contributed by atoms with Gasteiger partial charge in [0.25, 0.3) is 0 Å². The summed E-state index contributed by atoms with van der Waals surface area (Å²) in [5, 5.41) is 13.9. The minimum Gasteiger partial charge on any atom is -0.354 e. The second kappa shape index (κ2) is 4.78. The predicted octanol–water partition coefficient (Wildman–Crippen LogP) is 1.22. The summed E-state index contributed by atoms with van der Waals surface area (Å²) in [6.45, 7) is 2.53. The molecule has 94 valence electrons. The third-order valence-electron chi connectivity index (χ3n) is 2.25. The van der Waals surface area contributed by atoms with Gasteiger partial charge in [0.2, 0.25) is 5.95 Å². The number of nitro groups is 1. The largest absolute Gasteiger partial charge is 0.354 e. The van der Waals surface area contributed by atoms with Gasteiger partial charge in [0.05, 0.1) is 11.3 Å². The van der Waals surface area contributed by atoms with Crippen LogP contribution in [-0.2, 0) is 7.05 Å². The first-order chi connectivity index (χ1) is 8.61. The first-order valence-corrected chi connectivity index (χ1v) is 5.35. The summed E-state index contributed by atoms with van der Waals surface area (Å²) in [7, 11) is 1.79. The van der Waals surface area contributed by atoms with Crippen molar-refractivity contribution in [2.45, 2.75) is 6.92 Å². The SMILES string of the molecule is CCNc1ncc([N+](=O)[O-])c(-c2cn(C)cn2)n1. The maximum Gasteiger partial charge on any atom is 0.315 e. The molecule has 2 aromatic rings. The molecule has 0 saturated heterocycles. The monoisotopic (exact) mass is 248 g/mol. The van der Waals surface area contributed by atoms with Crippen molar-refractivity contribution in [1.29, 1.82) is 0 Å². The van der Waals surface area contributed by atoms with Crippen LogP contribution < -0.4 is 5.32 Å². The van der Waals surface area contributed by atoms with Crippen molar-refractivity contribution in [3.63, 3.8) is 0 Å². The van der Waals surface area contributed by atoms with E-state index in [1.54, 1.807) is 24.1 Å². The Morgan fingerprint density at radius 2 is 2.28 bits per heavy atom. The predicted molar refractivity (Wildman–Crippen MR) is 65.1 cm³/mol. The molecule has 8 nitrogen and oxygen atoms in total. The fourth-order valence-electron chi connectivity index (χ4n) is 1.48. The zero-order valence-electron chi connectivity index (χ0n) is 9.99. The lowest BCUT2D eigenvalue weighted by atomic mass is 10.3. The minimum atomic E-state index is -0.514. The van der Waals surface area contributed by atoms with Crippen LogP contribution in [0.15, 0.2) is 18.7 Å². The topological polar surface area (TPSA) is 98.8 Å². The number of hydrogen-bond donors (Lipinski definition) is 1. The van der Waals surface area contributed by atoms with Gasteiger partial charge in [-0.3, -0.25) is 10.1 Å². The van der Waals surface area contributed by atoms with E-state index in [1.165, 1.54) is 6.20 Å². The molecule has 0 amide bonds. The molecule has 0 fully saturated rings. The van der Waals surface area contributed by atoms with E-state index >= 15 is 0 Å². The van der Waals surface area contributed by atoms with Gasteiger partial charge in [0, 0.05) is 19.8 Å². The average molecular weight is 248 g/mol. The Morgan fingerprint density at radius 3 is 2.83 bits per heavy atom. The molecule has 0 saturated carbocycles. The van der Waals surface area contributed by atoms with E-state index in [4.69, 9.17) is 0 Å². The van der Waals surface area contributed by atoms with Gasteiger partial charge in [-0.15, -0.1) is 0 Å². The van der Waals surface area contributed by atoms with Crippen LogP contribution in [-0.4, -0.2) is 31.0 Å². The molecule has 0 aliphatic heterocycles. The number of anilines is 1. The molecule has 0 radical (unpaired) electrons. The average Bonchev–Trinajstić information content (AvgIpc) is 2.76. The summed E-state index contributed by atoms with van der Waals surface area (Å²) in [4.78, 5) is 22.5. The number of nitrogens with one attached hydrogen (secondary N) is 1. The second-order valence-electron chi connectivity index (χ2n) is 3.64. The van der Waals surface area contributed by atoms with E-state index < -0.39 is 4.92 Å². The Bertz CT molecular complexity index is 579. The summed E-state index contributed by atoms with van der Waals surface area (Å²) in [6, 6.07) is 0. The Labute approximate surface area is 103 Å². The van der Waals surface area contributed by atoms with Gasteiger partial charge < -0.3 is 9.88 Å². The smallest absolute Gasteiger partial charge is 0.315 e. The molecule has 0 aliphatic rings. The van der Waals surface area contributed by atoms with E-state index in [1.807, 2.05) is 6.92 Å². The van der Waals surface area contributed by atoms with Gasteiger partial charge in [-0.25, -0.2) is 15.0 Å². The molecule has 0 atom stereocenters. The number of hydrogen-bond acceptors (Lipinski definition) is 6. The highest BCUT2D eigenvalue weighted by Gasteiger charge is 2.20. The Balaban J connectivity index is 2.53. The molecule has 2 rings (SSSR count). The van der Waals surface area contributed by atoms with Crippen LogP contribution in [0.25, 0.3) is 11.4 Å². The van der Waals surface area contributed by atoms with Crippen molar-refractivity contribution in [3.05, 3.63) is 28.8 Å². The molecule has 18 heavy (non-hydrogen) atoms. The van der Waals surface area contributed by atoms with E-state index in [9.17, 15) is 10.1 Å². The Morgan fingerprint density at radius 1 is 1.50 bits per heavy atom. The highest BCUT2D eigenvalue weighted by molar-refractivity contribution is 5.66. The van der Waals surface area contributed by atoms with Crippen LogP contribution >= 0.6 is 0 Å². The van der Waals surface area contributed by atoms with Crippen molar-refractivity contribution in [3.8, 4) is 11.4 Å². The van der Waals surface area contributed by atoms with Gasteiger partial charge in [-0.2, -0.15) is 0 Å². The lowest BCUT2D eigenvalue weighted by molar-refractivity contribution is -0.384. The van der Waals surface area contributed by atoms with E-state index in [0.717, 1.165) is 0 Å². The van der Waals surface area contributed by atoms with Crippen LogP contribution in [0, 0.1) is 10.1 Å². The quantitative estimate of drug-likeness (QED) is 0.645. The van der Waals surface area contributed by atoms with Crippen molar-refractivity contribution < 1.29 is 4.92 Å². The minimum absolute atomic E-state index is 0.157. The Kier molecular flexibility index (Phi) is 3.18. The van der Waals surface area contributed by atoms with Gasteiger partial charge >= 0.3 is 5.69 Å². The van der Waals surface area contributed by atoms with Gasteiger partial charge in [-0.05, 0) is 6.92 Å². The van der Waals surface area contributed by atoms with E-state index in [-0.39, 0.29) is 11.4 Å². The number of rotatable bonds is 4. The summed E-state index contributed by atoms with van der Waals surface area (Å²) < 4.78 is 1.70. The number of aromatic nitrogens is 4. The summed E-state index contributed by atoms with van der Waals surface area (Å²) in [6.07, 6.45) is 4.42. The van der Waals surface area contributed by atoms with Crippen LogP contribution in [0.4, 0.5) is 11.6 Å². The first-order valence-electron chi connectivity index (χ1n) is 5.35. The van der Waals surface area contributed by atoms with Crippen molar-refractivity contribution in [2.24, 2.45) is 7.05 Å². The maximum absolute atomic E-state index is 10.9. The maximum atomic E-state index is 10.9. The van der Waals surface area contributed by atoms with Crippen LogP contribution in [0.5, 0.6) is 0 Å². The fourth-order valence-corrected chi connectivity index (χ4v) is 1.48. The highest BCUT2D eigenvalue weighted by Crippen LogP contribution is 2.26. The van der Waals surface area contributed by atoms with Crippen molar-refractivity contribution >= 4 is 11.6 Å². The summed E-state index contributed by atoms with van der Waals surface area (Å²) in [5.74, 6) is 0.351. The fraction of sp³-hybridized carbons (Fsp3) is 0.300. The van der Waals surface area contributed by atoms with Gasteiger partial charge in [0.1, 0.15) is 11.9 Å². The molecule has 1 N–H and O–H groups in total. The molecular weight excluding hydrogens is 236 g/mol. The number of nitrogens with zero attached hydrogens (tertiary/aromatic N) is 5. The highest BCUT2D eigenvalue weighted by atomic mass is 16.6. The lowest BCUT2D eigenvalue weighted by Crippen LogP contribution is -2.05. The summed E-state index contributed by atoms with van der Waals surface area (Å²) in [5.41, 5.74) is 0.507. The summed E-state index contributed by atoms with van der Waals surface area (Å²) >= 11 is 0. The third-order valence-corrected chi connectivity index (χ3v) is 2.25. The molecule has 8 heteroatoms. The number of imidazole rings is 1.